The van der Waals surface area contributed by atoms with Crippen molar-refractivity contribution in [3.8, 4) is 0 Å². The van der Waals surface area contributed by atoms with Crippen LogP contribution >= 0.6 is 0 Å². The monoisotopic (exact) mass is 270 g/mol. The molecule has 1 aliphatic rings. The Morgan fingerprint density at radius 3 is 2.40 bits per heavy atom. The number of fused-ring (bicyclic) bond motifs is 1. The lowest BCUT2D eigenvalue weighted by Gasteiger charge is -2.32. The molecular formula is C18H24NO+. The van der Waals surface area contributed by atoms with Gasteiger partial charge in [0.25, 0.3) is 0 Å². The molecule has 2 heteroatoms. The van der Waals surface area contributed by atoms with Crippen LogP contribution < -0.4 is 4.90 Å². The normalized spacial score (nSPS) is 19.9. The van der Waals surface area contributed by atoms with Crippen molar-refractivity contribution in [3.05, 3.63) is 48.0 Å². The average Bonchev–Trinajstić information content (AvgIpc) is 2.54. The number of hydrogen-bond acceptors (Lipinski definition) is 1. The van der Waals surface area contributed by atoms with Gasteiger partial charge in [-0.15, -0.1) is 0 Å². The maximum Gasteiger partial charge on any atom is 0.130 e. The third-order valence-corrected chi connectivity index (χ3v) is 4.73. The molecule has 2 atom stereocenters. The number of quaternary nitrogens is 1. The molecule has 2 aromatic carbocycles. The molecule has 2 N–H and O–H groups in total. The second-order valence-electron chi connectivity index (χ2n) is 6.06. The van der Waals surface area contributed by atoms with Crippen LogP contribution in [0, 0.1) is 0 Å². The Morgan fingerprint density at radius 2 is 1.65 bits per heavy atom. The van der Waals surface area contributed by atoms with Crippen molar-refractivity contribution in [3.63, 3.8) is 0 Å². The van der Waals surface area contributed by atoms with Gasteiger partial charge in [-0.05, 0) is 48.6 Å². The van der Waals surface area contributed by atoms with E-state index in [1.807, 2.05) is 0 Å². The van der Waals surface area contributed by atoms with Gasteiger partial charge >= 0.3 is 0 Å². The van der Waals surface area contributed by atoms with Crippen LogP contribution in [-0.4, -0.2) is 24.2 Å². The largest absolute Gasteiger partial charge is 0.382 e. The van der Waals surface area contributed by atoms with Gasteiger partial charge in [0, 0.05) is 0 Å². The summed E-state index contributed by atoms with van der Waals surface area (Å²) >= 11 is 0. The summed E-state index contributed by atoms with van der Waals surface area (Å²) in [6.07, 6.45) is 3.57. The standard InChI is InChI=1S/C18H23NO/c1-14(19-11-5-2-6-12-19)18(20)17-10-9-15-7-3-4-8-16(15)13-17/h3-4,7-10,13-14,18,20H,2,5-6,11-12H2,1H3/p+1/t14-,18+/m1/s1. The van der Waals surface area contributed by atoms with E-state index >= 15 is 0 Å². The summed E-state index contributed by atoms with van der Waals surface area (Å²) in [6, 6.07) is 14.9. The van der Waals surface area contributed by atoms with Crippen LogP contribution in [0.3, 0.4) is 0 Å². The lowest BCUT2D eigenvalue weighted by Crippen LogP contribution is -3.16. The number of aliphatic hydroxyl groups excluding tert-OH is 1. The van der Waals surface area contributed by atoms with Crippen molar-refractivity contribution in [2.45, 2.75) is 38.3 Å². The van der Waals surface area contributed by atoms with Crippen LogP contribution in [0.4, 0.5) is 0 Å². The van der Waals surface area contributed by atoms with Gasteiger partial charge in [0.2, 0.25) is 0 Å². The van der Waals surface area contributed by atoms with E-state index in [2.05, 4.69) is 49.4 Å². The fourth-order valence-electron chi connectivity index (χ4n) is 3.36. The highest BCUT2D eigenvalue weighted by molar-refractivity contribution is 5.83. The Morgan fingerprint density at radius 1 is 0.950 bits per heavy atom. The topological polar surface area (TPSA) is 24.7 Å². The first kappa shape index (κ1) is 13.6. The first-order chi connectivity index (χ1) is 9.75. The van der Waals surface area contributed by atoms with Gasteiger partial charge in [0.1, 0.15) is 12.1 Å². The Bertz CT molecular complexity index is 574. The molecule has 1 aliphatic heterocycles. The van der Waals surface area contributed by atoms with E-state index in [9.17, 15) is 5.11 Å². The highest BCUT2D eigenvalue weighted by atomic mass is 16.3. The predicted octanol–water partition coefficient (Wildman–Crippen LogP) is 2.33. The highest BCUT2D eigenvalue weighted by Gasteiger charge is 2.27. The molecule has 0 aliphatic carbocycles. The summed E-state index contributed by atoms with van der Waals surface area (Å²) in [6.45, 7) is 4.58. The number of nitrogens with one attached hydrogen (secondary N) is 1. The molecule has 0 unspecified atom stereocenters. The summed E-state index contributed by atoms with van der Waals surface area (Å²) in [5.41, 5.74) is 1.05. The second kappa shape index (κ2) is 5.94. The molecule has 0 aromatic heterocycles. The molecule has 1 heterocycles. The SMILES string of the molecule is C[C@H]([C@H](O)c1ccc2ccccc2c1)[NH+]1CCCCC1. The zero-order chi connectivity index (χ0) is 13.9. The lowest BCUT2D eigenvalue weighted by molar-refractivity contribution is -0.932. The van der Waals surface area contributed by atoms with Crippen molar-refractivity contribution in [2.24, 2.45) is 0 Å². The molecule has 0 amide bonds. The van der Waals surface area contributed by atoms with Crippen LogP contribution in [0.15, 0.2) is 42.5 Å². The van der Waals surface area contributed by atoms with E-state index in [0.29, 0.717) is 0 Å². The first-order valence-electron chi connectivity index (χ1n) is 7.77. The Hall–Kier alpha value is -1.38. The number of aliphatic hydroxyl groups is 1. The molecule has 0 radical (unpaired) electrons. The van der Waals surface area contributed by atoms with Crippen molar-refractivity contribution in [1.82, 2.24) is 0 Å². The number of piperidine rings is 1. The van der Waals surface area contributed by atoms with Gasteiger partial charge in [-0.25, -0.2) is 0 Å². The third-order valence-electron chi connectivity index (χ3n) is 4.73. The fraction of sp³-hybridized carbons (Fsp3) is 0.444. The summed E-state index contributed by atoms with van der Waals surface area (Å²) in [5.74, 6) is 0. The minimum absolute atomic E-state index is 0.275. The third kappa shape index (κ3) is 2.72. The van der Waals surface area contributed by atoms with Crippen molar-refractivity contribution in [1.29, 1.82) is 0 Å². The Labute approximate surface area is 121 Å². The van der Waals surface area contributed by atoms with Gasteiger partial charge in [-0.2, -0.15) is 0 Å². The minimum Gasteiger partial charge on any atom is -0.382 e. The molecule has 20 heavy (non-hydrogen) atoms. The number of benzene rings is 2. The molecule has 1 fully saturated rings. The molecule has 0 saturated carbocycles. The summed E-state index contributed by atoms with van der Waals surface area (Å²) < 4.78 is 0. The second-order valence-corrected chi connectivity index (χ2v) is 6.06. The molecule has 3 rings (SSSR count). The van der Waals surface area contributed by atoms with E-state index in [-0.39, 0.29) is 12.1 Å². The molecule has 0 bridgehead atoms. The van der Waals surface area contributed by atoms with Crippen molar-refractivity contribution < 1.29 is 10.0 Å². The zero-order valence-corrected chi connectivity index (χ0v) is 12.2. The lowest BCUT2D eigenvalue weighted by atomic mass is 9.97. The van der Waals surface area contributed by atoms with Gasteiger partial charge in [-0.1, -0.05) is 36.4 Å². The van der Waals surface area contributed by atoms with E-state index < -0.39 is 0 Å². The molecule has 0 spiro atoms. The number of likely N-dealkylation sites (tertiary alicyclic amines) is 1. The van der Waals surface area contributed by atoms with Crippen molar-refractivity contribution >= 4 is 10.8 Å². The maximum absolute atomic E-state index is 10.7. The molecule has 2 aromatic rings. The van der Waals surface area contributed by atoms with Crippen LogP contribution in [0.5, 0.6) is 0 Å². The Kier molecular flexibility index (Phi) is 4.04. The smallest absolute Gasteiger partial charge is 0.130 e. The number of hydrogen-bond donors (Lipinski definition) is 2. The Balaban J connectivity index is 1.81. The van der Waals surface area contributed by atoms with E-state index in [0.717, 1.165) is 5.56 Å². The van der Waals surface area contributed by atoms with Gasteiger partial charge in [-0.3, -0.25) is 0 Å². The zero-order valence-electron chi connectivity index (χ0n) is 12.2. The molecule has 1 saturated heterocycles. The van der Waals surface area contributed by atoms with Crippen LogP contribution in [0.2, 0.25) is 0 Å². The first-order valence-corrected chi connectivity index (χ1v) is 7.77. The maximum atomic E-state index is 10.7. The van der Waals surface area contributed by atoms with E-state index in [1.165, 1.54) is 43.1 Å². The summed E-state index contributed by atoms with van der Waals surface area (Å²) in [5, 5.41) is 13.1. The quantitative estimate of drug-likeness (QED) is 0.879. The van der Waals surface area contributed by atoms with Gasteiger partial charge < -0.3 is 10.0 Å². The minimum atomic E-state index is -0.368. The van der Waals surface area contributed by atoms with Crippen LogP contribution in [0.25, 0.3) is 10.8 Å². The van der Waals surface area contributed by atoms with Gasteiger partial charge in [0.15, 0.2) is 0 Å². The van der Waals surface area contributed by atoms with Crippen LogP contribution in [0.1, 0.15) is 37.9 Å². The van der Waals surface area contributed by atoms with E-state index in [1.54, 1.807) is 4.90 Å². The van der Waals surface area contributed by atoms with E-state index in [4.69, 9.17) is 0 Å². The predicted molar refractivity (Wildman–Crippen MR) is 82.9 cm³/mol. The number of rotatable bonds is 3. The fourth-order valence-corrected chi connectivity index (χ4v) is 3.36. The van der Waals surface area contributed by atoms with Crippen LogP contribution in [-0.2, 0) is 0 Å². The highest BCUT2D eigenvalue weighted by Crippen LogP contribution is 2.22. The van der Waals surface area contributed by atoms with Crippen molar-refractivity contribution in [2.75, 3.05) is 13.1 Å². The molecule has 2 nitrogen and oxygen atoms in total. The summed E-state index contributed by atoms with van der Waals surface area (Å²) in [4.78, 5) is 1.55. The molecule has 106 valence electrons. The van der Waals surface area contributed by atoms with Gasteiger partial charge in [0.05, 0.1) is 13.1 Å². The average molecular weight is 270 g/mol. The molecular weight excluding hydrogens is 246 g/mol. The summed E-state index contributed by atoms with van der Waals surface area (Å²) in [7, 11) is 0.